The Morgan fingerprint density at radius 3 is 1.73 bits per heavy atom. The minimum Gasteiger partial charge on any atom is -0.507 e. The van der Waals surface area contributed by atoms with E-state index >= 15 is 0 Å². The molecule has 7 rings (SSSR count). The molecule has 18 heteroatoms. The second-order valence-electron chi connectivity index (χ2n) is 13.3. The van der Waals surface area contributed by atoms with Crippen LogP contribution in [0.15, 0.2) is 84.9 Å². The van der Waals surface area contributed by atoms with Crippen LogP contribution in [0.3, 0.4) is 0 Å². The van der Waals surface area contributed by atoms with Gasteiger partial charge in [-0.05, 0) is 36.2 Å². The molecule has 0 unspecified atom stereocenters. The van der Waals surface area contributed by atoms with Crippen LogP contribution in [0, 0.1) is 0 Å². The van der Waals surface area contributed by atoms with E-state index in [4.69, 9.17) is 23.7 Å². The third kappa shape index (κ3) is 7.47. The summed E-state index contributed by atoms with van der Waals surface area (Å²) >= 11 is 0. The molecule has 18 nitrogen and oxygen atoms in total. The Balaban J connectivity index is 1.28. The number of hydrogen-bond donors (Lipinski definition) is 9. The van der Waals surface area contributed by atoms with Gasteiger partial charge >= 0.3 is 17.9 Å². The fourth-order valence-electron chi connectivity index (χ4n) is 6.59. The smallest absolute Gasteiger partial charge is 0.341 e. The van der Waals surface area contributed by atoms with E-state index in [0.717, 1.165) is 17.7 Å². The SMILES string of the molecule is O=C(O[C@@H]1[C@@H](O)[C@H](Oc2cc(O)c(C(=O)CCc3ccccc3)c(O)c2)O[C@@H]2OC(=O)c3cc(O)c(O)c(O)c3-c3c(cc(O)c(O)c3O)C(=O)O[C@@H]21)c1ccccc1. The number of carbonyl (C=O) groups excluding carboxylic acids is 4. The molecule has 1 fully saturated rings. The number of aryl methyl sites for hydroxylation is 1. The Morgan fingerprint density at radius 1 is 0.644 bits per heavy atom. The van der Waals surface area contributed by atoms with Crippen LogP contribution in [0.4, 0.5) is 0 Å². The molecule has 2 heterocycles. The predicted octanol–water partition coefficient (Wildman–Crippen LogP) is 3.86. The van der Waals surface area contributed by atoms with Gasteiger partial charge in [0.25, 0.3) is 0 Å². The van der Waals surface area contributed by atoms with Crippen molar-refractivity contribution in [2.24, 2.45) is 0 Å². The number of fused-ring (bicyclic) bond motifs is 4. The summed E-state index contributed by atoms with van der Waals surface area (Å²) in [6.45, 7) is 0. The molecule has 5 atom stereocenters. The summed E-state index contributed by atoms with van der Waals surface area (Å²) in [5.74, 6) is -14.0. The first-order chi connectivity index (χ1) is 28.1. The quantitative estimate of drug-likeness (QED) is 0.0465. The minimum absolute atomic E-state index is 0.0684. The zero-order chi connectivity index (χ0) is 42.3. The Morgan fingerprint density at radius 2 is 1.17 bits per heavy atom. The topological polar surface area (TPSA) is 296 Å². The molecule has 0 bridgehead atoms. The third-order valence-corrected chi connectivity index (χ3v) is 9.48. The number of benzene rings is 5. The summed E-state index contributed by atoms with van der Waals surface area (Å²) in [6, 6.07) is 19.1. The molecular weight excluding hydrogens is 780 g/mol. The first kappa shape index (κ1) is 39.5. The molecule has 2 aliphatic heterocycles. The molecule has 59 heavy (non-hydrogen) atoms. The maximum absolute atomic E-state index is 14.0. The molecule has 0 aromatic heterocycles. The van der Waals surface area contributed by atoms with Gasteiger partial charge in [0, 0.05) is 29.7 Å². The Kier molecular flexibility index (Phi) is 10.5. The van der Waals surface area contributed by atoms with Crippen molar-refractivity contribution in [3.8, 4) is 62.9 Å². The van der Waals surface area contributed by atoms with E-state index in [2.05, 4.69) is 0 Å². The number of aliphatic hydroxyl groups excluding tert-OH is 1. The first-order valence-electron chi connectivity index (χ1n) is 17.5. The van der Waals surface area contributed by atoms with Gasteiger partial charge in [-0.2, -0.15) is 0 Å². The van der Waals surface area contributed by atoms with E-state index in [-0.39, 0.29) is 18.4 Å². The monoisotopic (exact) mass is 812 g/mol. The van der Waals surface area contributed by atoms with Crippen molar-refractivity contribution in [1.82, 2.24) is 0 Å². The molecule has 0 radical (unpaired) electrons. The molecule has 5 aromatic carbocycles. The van der Waals surface area contributed by atoms with Crippen molar-refractivity contribution in [3.05, 3.63) is 113 Å². The molecule has 1 saturated heterocycles. The lowest BCUT2D eigenvalue weighted by molar-refractivity contribution is -0.317. The normalized spacial score (nSPS) is 19.8. The number of aliphatic hydroxyl groups is 1. The molecule has 0 aliphatic carbocycles. The van der Waals surface area contributed by atoms with Gasteiger partial charge in [-0.15, -0.1) is 0 Å². The maximum Gasteiger partial charge on any atom is 0.341 e. The van der Waals surface area contributed by atoms with Gasteiger partial charge in [-0.1, -0.05) is 48.5 Å². The number of ketones is 1. The van der Waals surface area contributed by atoms with Crippen LogP contribution in [0.5, 0.6) is 51.7 Å². The Labute approximate surface area is 331 Å². The standard InChI is InChI=1S/C41H32O18/c42-22(12-11-17-7-3-1-4-8-17)29-23(43)13-19(14-24(29)44)55-40-34(51)35(56-37(52)18-9-5-2-6-10-18)36-41(59-40)58-39(54)21-16-26(46)31(48)33(50)28(21)27-20(38(53)57-36)15-25(45)30(47)32(27)49/h1-10,13-16,34-36,40-41,43-51H,11-12H2/t34-,35-,36-,40-,41+/m1/s1. The average molecular weight is 813 g/mol. The van der Waals surface area contributed by atoms with Gasteiger partial charge in [0.05, 0.1) is 16.7 Å². The van der Waals surface area contributed by atoms with Crippen molar-refractivity contribution >= 4 is 23.7 Å². The molecule has 0 amide bonds. The van der Waals surface area contributed by atoms with E-state index in [9.17, 15) is 65.1 Å². The number of carbonyl (C=O) groups is 4. The van der Waals surface area contributed by atoms with Crippen molar-refractivity contribution < 1.29 is 88.8 Å². The number of phenols is 8. The van der Waals surface area contributed by atoms with Crippen LogP contribution in [0.1, 0.15) is 53.4 Å². The summed E-state index contributed by atoms with van der Waals surface area (Å²) in [6.07, 6.45) is -10.5. The average Bonchev–Trinajstić information content (AvgIpc) is 3.21. The van der Waals surface area contributed by atoms with E-state index in [0.29, 0.717) is 12.1 Å². The molecule has 9 N–H and O–H groups in total. The summed E-state index contributed by atoms with van der Waals surface area (Å²) in [7, 11) is 0. The minimum atomic E-state index is -2.23. The van der Waals surface area contributed by atoms with E-state index in [1.807, 2.05) is 0 Å². The van der Waals surface area contributed by atoms with E-state index < -0.39 is 134 Å². The van der Waals surface area contributed by atoms with Gasteiger partial charge in [-0.25, -0.2) is 14.4 Å². The highest BCUT2D eigenvalue weighted by molar-refractivity contribution is 6.08. The molecule has 304 valence electrons. The summed E-state index contributed by atoms with van der Waals surface area (Å²) < 4.78 is 28.2. The second kappa shape index (κ2) is 15.7. The lowest BCUT2D eigenvalue weighted by Gasteiger charge is -2.42. The van der Waals surface area contributed by atoms with Crippen LogP contribution >= 0.6 is 0 Å². The van der Waals surface area contributed by atoms with Crippen molar-refractivity contribution in [2.45, 2.75) is 43.7 Å². The van der Waals surface area contributed by atoms with Crippen LogP contribution in [0.25, 0.3) is 11.1 Å². The highest BCUT2D eigenvalue weighted by atomic mass is 16.8. The van der Waals surface area contributed by atoms with Crippen molar-refractivity contribution in [2.75, 3.05) is 0 Å². The molecule has 2 aliphatic rings. The highest BCUT2D eigenvalue weighted by Gasteiger charge is 2.54. The van der Waals surface area contributed by atoms with Crippen LogP contribution in [-0.2, 0) is 25.4 Å². The maximum atomic E-state index is 14.0. The van der Waals surface area contributed by atoms with Gasteiger partial charge in [-0.3, -0.25) is 9.53 Å². The lowest BCUT2D eigenvalue weighted by atomic mass is 9.91. The second-order valence-corrected chi connectivity index (χ2v) is 13.3. The zero-order valence-corrected chi connectivity index (χ0v) is 30.1. The number of hydrogen-bond acceptors (Lipinski definition) is 18. The van der Waals surface area contributed by atoms with E-state index in [1.54, 1.807) is 36.4 Å². The van der Waals surface area contributed by atoms with Crippen LogP contribution < -0.4 is 4.74 Å². The number of esters is 3. The molecule has 0 saturated carbocycles. The van der Waals surface area contributed by atoms with Crippen molar-refractivity contribution in [3.63, 3.8) is 0 Å². The number of phenolic OH excluding ortho intramolecular Hbond substituents is 8. The van der Waals surface area contributed by atoms with Gasteiger partial charge in [0.1, 0.15) is 22.8 Å². The van der Waals surface area contributed by atoms with Crippen LogP contribution in [-0.4, -0.2) is 101 Å². The number of aromatic hydroxyl groups is 8. The number of rotatable bonds is 8. The Bertz CT molecular complexity index is 2460. The first-order valence-corrected chi connectivity index (χ1v) is 17.5. The van der Waals surface area contributed by atoms with Gasteiger partial charge < -0.3 is 64.9 Å². The lowest BCUT2D eigenvalue weighted by Crippen LogP contribution is -2.62. The van der Waals surface area contributed by atoms with Crippen molar-refractivity contribution in [1.29, 1.82) is 0 Å². The Hall–Kier alpha value is -7.70. The zero-order valence-electron chi connectivity index (χ0n) is 30.1. The summed E-state index contributed by atoms with van der Waals surface area (Å²) in [5.41, 5.74) is -3.24. The fourth-order valence-corrected chi connectivity index (χ4v) is 6.59. The molecule has 0 spiro atoms. The predicted molar refractivity (Wildman–Crippen MR) is 196 cm³/mol. The summed E-state index contributed by atoms with van der Waals surface area (Å²) in [5, 5.41) is 96.6. The molecule has 5 aromatic rings. The summed E-state index contributed by atoms with van der Waals surface area (Å²) in [4.78, 5) is 54.3. The fraction of sp³-hybridized carbons (Fsp3) is 0.171. The van der Waals surface area contributed by atoms with Gasteiger partial charge in [0.2, 0.25) is 30.2 Å². The largest absolute Gasteiger partial charge is 0.507 e. The number of Topliss-reactive ketones (excluding diaryl/α,β-unsaturated/α-hetero) is 1. The van der Waals surface area contributed by atoms with E-state index in [1.165, 1.54) is 24.3 Å². The van der Waals surface area contributed by atoms with Gasteiger partial charge in [0.15, 0.2) is 41.0 Å². The third-order valence-electron chi connectivity index (χ3n) is 9.48. The molecular formula is C41H32O18. The van der Waals surface area contributed by atoms with Crippen LogP contribution in [0.2, 0.25) is 0 Å². The number of ether oxygens (including phenoxy) is 5. The highest BCUT2D eigenvalue weighted by Crippen LogP contribution is 2.53.